The molecule has 1 aromatic heterocycles. The summed E-state index contributed by atoms with van der Waals surface area (Å²) >= 11 is 3.16. The molecule has 0 amide bonds. The molecule has 0 unspecified atom stereocenters. The number of rotatable bonds is 1. The van der Waals surface area contributed by atoms with Crippen LogP contribution in [0.4, 0.5) is 0 Å². The van der Waals surface area contributed by atoms with Crippen molar-refractivity contribution in [1.82, 2.24) is 4.90 Å². The molecule has 0 aromatic carbocycles. The van der Waals surface area contributed by atoms with Crippen LogP contribution in [0.1, 0.15) is 27.7 Å². The Labute approximate surface area is 132 Å². The Hall–Kier alpha value is -1.28. The van der Waals surface area contributed by atoms with Gasteiger partial charge in [-0.3, -0.25) is 14.5 Å². The number of halogens is 1. The Kier molecular flexibility index (Phi) is 3.97. The number of hydrogen-bond donors (Lipinski definition) is 0. The maximum atomic E-state index is 12.4. The van der Waals surface area contributed by atoms with E-state index in [0.29, 0.717) is 4.67 Å². The first-order valence-corrected chi connectivity index (χ1v) is 7.27. The molecule has 114 valence electrons. The molecule has 0 spiro atoms. The molecule has 6 nitrogen and oxygen atoms in total. The van der Waals surface area contributed by atoms with E-state index in [1.54, 1.807) is 51.8 Å². The van der Waals surface area contributed by atoms with Gasteiger partial charge in [-0.15, -0.1) is 0 Å². The lowest BCUT2D eigenvalue weighted by atomic mass is 9.82. The van der Waals surface area contributed by atoms with Gasteiger partial charge in [-0.05, 0) is 62.8 Å². The zero-order chi connectivity index (χ0) is 16.0. The van der Waals surface area contributed by atoms with Crippen molar-refractivity contribution in [3.8, 4) is 0 Å². The highest BCUT2D eigenvalue weighted by atomic mass is 79.9. The fourth-order valence-corrected chi connectivity index (χ4v) is 2.37. The Morgan fingerprint density at radius 1 is 1.05 bits per heavy atom. The van der Waals surface area contributed by atoms with Crippen LogP contribution in [-0.2, 0) is 18.9 Å². The van der Waals surface area contributed by atoms with E-state index in [2.05, 4.69) is 15.9 Å². The molecular weight excluding hydrogens is 341 g/mol. The number of carbonyl (C=O) groups is 2. The molecule has 1 saturated heterocycles. The quantitative estimate of drug-likeness (QED) is 0.706. The van der Waals surface area contributed by atoms with E-state index < -0.39 is 30.1 Å². The van der Waals surface area contributed by atoms with E-state index in [1.165, 1.54) is 0 Å². The minimum atomic E-state index is -1.19. The third kappa shape index (κ3) is 2.74. The van der Waals surface area contributed by atoms with Gasteiger partial charge in [0.05, 0.1) is 0 Å². The van der Waals surface area contributed by atoms with E-state index >= 15 is 0 Å². The van der Waals surface area contributed by atoms with Gasteiger partial charge in [-0.2, -0.15) is 0 Å². The van der Waals surface area contributed by atoms with Gasteiger partial charge in [0.15, 0.2) is 10.3 Å². The van der Waals surface area contributed by atoms with E-state index in [-0.39, 0.29) is 5.66 Å². The van der Waals surface area contributed by atoms with Crippen molar-refractivity contribution >= 4 is 40.6 Å². The molecule has 0 N–H and O–H groups in total. The summed E-state index contributed by atoms with van der Waals surface area (Å²) in [5.41, 5.74) is -1.71. The third-order valence-corrected chi connectivity index (χ3v) is 4.36. The van der Waals surface area contributed by atoms with Gasteiger partial charge in [0.2, 0.25) is 0 Å². The van der Waals surface area contributed by atoms with Gasteiger partial charge in [0.1, 0.15) is 11.1 Å². The number of carbonyl (C=O) groups excluding carboxylic acids is 2. The fourth-order valence-electron chi connectivity index (χ4n) is 2.05. The molecular formula is C13H17BBrNO5. The average Bonchev–Trinajstić information content (AvgIpc) is 2.82. The van der Waals surface area contributed by atoms with Crippen LogP contribution in [0.15, 0.2) is 21.2 Å². The van der Waals surface area contributed by atoms with Crippen molar-refractivity contribution in [2.75, 3.05) is 7.05 Å². The van der Waals surface area contributed by atoms with E-state index in [9.17, 15) is 9.59 Å². The molecule has 1 aromatic rings. The highest BCUT2D eigenvalue weighted by molar-refractivity contribution is 9.10. The summed E-state index contributed by atoms with van der Waals surface area (Å²) in [6, 6.07) is 3.22. The predicted octanol–water partition coefficient (Wildman–Crippen LogP) is 1.33. The molecule has 1 aliphatic heterocycles. The Morgan fingerprint density at radius 3 is 1.90 bits per heavy atom. The highest BCUT2D eigenvalue weighted by Crippen LogP contribution is 2.28. The topological polar surface area (TPSA) is 69.0 Å². The van der Waals surface area contributed by atoms with Crippen LogP contribution in [0.25, 0.3) is 0 Å². The fraction of sp³-hybridized carbons (Fsp3) is 0.538. The minimum Gasteiger partial charge on any atom is -0.492 e. The normalized spacial score (nSPS) is 22.3. The lowest BCUT2D eigenvalue weighted by Crippen LogP contribution is -2.65. The molecule has 1 fully saturated rings. The van der Waals surface area contributed by atoms with Crippen molar-refractivity contribution in [3.05, 3.63) is 16.8 Å². The summed E-state index contributed by atoms with van der Waals surface area (Å²) in [7, 11) is 0.496. The van der Waals surface area contributed by atoms with Crippen LogP contribution in [0.5, 0.6) is 0 Å². The van der Waals surface area contributed by atoms with Crippen LogP contribution in [0.2, 0.25) is 0 Å². The molecule has 0 atom stereocenters. The van der Waals surface area contributed by atoms with E-state index in [1.807, 2.05) is 0 Å². The zero-order valence-corrected chi connectivity index (χ0v) is 14.2. The zero-order valence-electron chi connectivity index (χ0n) is 12.6. The van der Waals surface area contributed by atoms with Crippen molar-refractivity contribution in [2.45, 2.75) is 38.8 Å². The van der Waals surface area contributed by atoms with Crippen LogP contribution in [-0.4, -0.2) is 42.1 Å². The van der Waals surface area contributed by atoms with Crippen LogP contribution >= 0.6 is 15.9 Å². The molecule has 8 heteroatoms. The summed E-state index contributed by atoms with van der Waals surface area (Å²) in [6.45, 7) is 6.80. The third-order valence-electron chi connectivity index (χ3n) is 3.93. The Bertz CT molecular complexity index is 553. The molecule has 2 rings (SSSR count). The molecule has 21 heavy (non-hydrogen) atoms. The smallest absolute Gasteiger partial charge is 0.492 e. The molecule has 0 aliphatic carbocycles. The molecule has 2 heterocycles. The number of nitrogens with zero attached hydrogens (tertiary/aromatic N) is 1. The first-order valence-electron chi connectivity index (χ1n) is 6.48. The summed E-state index contributed by atoms with van der Waals surface area (Å²) in [5.74, 6) is -0.994. The first-order chi connectivity index (χ1) is 9.56. The van der Waals surface area contributed by atoms with E-state index in [4.69, 9.17) is 13.7 Å². The average molecular weight is 358 g/mol. The Balaban J connectivity index is 2.42. The number of likely N-dealkylation sites (N-methyl/N-ethyl adjacent to an activating group) is 1. The van der Waals surface area contributed by atoms with Crippen molar-refractivity contribution in [2.24, 2.45) is 0 Å². The van der Waals surface area contributed by atoms with Gasteiger partial charge in [0.25, 0.3) is 0 Å². The first kappa shape index (κ1) is 16.1. The summed E-state index contributed by atoms with van der Waals surface area (Å²) < 4.78 is 16.4. The lowest BCUT2D eigenvalue weighted by molar-refractivity contribution is -0.165. The second kappa shape index (κ2) is 5.17. The van der Waals surface area contributed by atoms with Crippen molar-refractivity contribution in [1.29, 1.82) is 0 Å². The van der Waals surface area contributed by atoms with Gasteiger partial charge in [-0.25, -0.2) is 0 Å². The summed E-state index contributed by atoms with van der Waals surface area (Å²) in [4.78, 5) is 26.4. The van der Waals surface area contributed by atoms with Crippen LogP contribution < -0.4 is 5.66 Å². The van der Waals surface area contributed by atoms with Gasteiger partial charge >= 0.3 is 19.1 Å². The van der Waals surface area contributed by atoms with Gasteiger partial charge in [-0.1, -0.05) is 0 Å². The predicted molar refractivity (Wildman–Crippen MR) is 79.9 cm³/mol. The molecule has 0 radical (unpaired) electrons. The van der Waals surface area contributed by atoms with Crippen LogP contribution in [0.3, 0.4) is 0 Å². The highest BCUT2D eigenvalue weighted by Gasteiger charge is 2.52. The standard InChI is InChI=1S/C13H17BBrNO5/c1-12(2)10(17)20-14(8-6-7-9(15)19-8)21-11(18)13(3,4)16(12)5/h6-7H,1-5H3. The molecule has 0 bridgehead atoms. The second-order valence-electron chi connectivity index (χ2n) is 5.96. The number of hydrogen-bond acceptors (Lipinski definition) is 6. The van der Waals surface area contributed by atoms with E-state index in [0.717, 1.165) is 0 Å². The van der Waals surface area contributed by atoms with Crippen LogP contribution in [0, 0.1) is 0 Å². The summed E-state index contributed by atoms with van der Waals surface area (Å²) in [6.07, 6.45) is 0. The second-order valence-corrected chi connectivity index (χ2v) is 6.74. The largest absolute Gasteiger partial charge is 0.674 e. The van der Waals surface area contributed by atoms with Gasteiger partial charge < -0.3 is 13.7 Å². The monoisotopic (exact) mass is 357 g/mol. The Morgan fingerprint density at radius 2 is 1.52 bits per heavy atom. The lowest BCUT2D eigenvalue weighted by Gasteiger charge is -2.45. The maximum Gasteiger partial charge on any atom is 0.674 e. The van der Waals surface area contributed by atoms with Crippen molar-refractivity contribution in [3.63, 3.8) is 0 Å². The molecule has 1 aliphatic rings. The maximum absolute atomic E-state index is 12.4. The number of furan rings is 1. The summed E-state index contributed by atoms with van der Waals surface area (Å²) in [5, 5.41) is 0. The molecule has 0 saturated carbocycles. The minimum absolute atomic E-state index is 0.250. The van der Waals surface area contributed by atoms with Crippen molar-refractivity contribution < 1.29 is 23.3 Å². The SMILES string of the molecule is CN1C(C)(C)C(=O)OB(c2ccc(Br)o2)OC(=O)C1(C)C. The van der Waals surface area contributed by atoms with Gasteiger partial charge in [0, 0.05) is 0 Å².